The quantitative estimate of drug-likeness (QED) is 0.509. The highest BCUT2D eigenvalue weighted by Crippen LogP contribution is 2.24. The number of nitrogens with zero attached hydrogens (tertiary/aromatic N) is 2. The lowest BCUT2D eigenvalue weighted by atomic mass is 10.1. The minimum atomic E-state index is -0.650. The van der Waals surface area contributed by atoms with Gasteiger partial charge in [0.2, 0.25) is 0 Å². The van der Waals surface area contributed by atoms with Gasteiger partial charge in [0.1, 0.15) is 23.9 Å². The number of methoxy groups -OCH3 is 1. The maximum Gasteiger partial charge on any atom is 0.322 e. The van der Waals surface area contributed by atoms with Gasteiger partial charge < -0.3 is 30.3 Å². The van der Waals surface area contributed by atoms with Crippen LogP contribution in [0.5, 0.6) is 11.5 Å². The number of ether oxygens (including phenoxy) is 2. The van der Waals surface area contributed by atoms with Gasteiger partial charge in [0.25, 0.3) is 11.8 Å². The maximum atomic E-state index is 14.6. The molecule has 1 aliphatic heterocycles. The first-order valence-electron chi connectivity index (χ1n) is 11.7. The van der Waals surface area contributed by atoms with E-state index < -0.39 is 17.6 Å². The molecule has 0 saturated carbocycles. The number of amides is 4. The second-order valence-corrected chi connectivity index (χ2v) is 8.37. The van der Waals surface area contributed by atoms with Gasteiger partial charge in [-0.05, 0) is 42.0 Å². The van der Waals surface area contributed by atoms with Gasteiger partial charge >= 0.3 is 6.03 Å². The molecule has 1 aliphatic rings. The average Bonchev–Trinajstić information content (AvgIpc) is 2.92. The normalized spacial score (nSPS) is 13.1. The minimum Gasteiger partial charge on any atom is -0.495 e. The number of urea groups is 1. The third-order valence-electron chi connectivity index (χ3n) is 6.01. The van der Waals surface area contributed by atoms with Gasteiger partial charge in [-0.1, -0.05) is 30.3 Å². The van der Waals surface area contributed by atoms with E-state index in [0.29, 0.717) is 35.8 Å². The van der Waals surface area contributed by atoms with Gasteiger partial charge in [0.05, 0.1) is 23.9 Å². The molecule has 4 rings (SSSR count). The highest BCUT2D eigenvalue weighted by atomic mass is 19.1. The third-order valence-corrected chi connectivity index (χ3v) is 6.01. The van der Waals surface area contributed by atoms with Gasteiger partial charge in [0.15, 0.2) is 0 Å². The number of primary amides is 1. The molecule has 37 heavy (non-hydrogen) atoms. The number of para-hydroxylation sites is 3. The summed E-state index contributed by atoms with van der Waals surface area (Å²) in [4.78, 5) is 40.5. The van der Waals surface area contributed by atoms with Gasteiger partial charge in [-0.2, -0.15) is 0 Å². The van der Waals surface area contributed by atoms with Gasteiger partial charge in [-0.25, -0.2) is 9.18 Å². The Morgan fingerprint density at radius 3 is 2.24 bits per heavy atom. The van der Waals surface area contributed by atoms with E-state index in [-0.39, 0.29) is 36.9 Å². The van der Waals surface area contributed by atoms with E-state index in [2.05, 4.69) is 5.32 Å². The summed E-state index contributed by atoms with van der Waals surface area (Å²) < 4.78 is 25.6. The van der Waals surface area contributed by atoms with Crippen molar-refractivity contribution in [3.8, 4) is 11.5 Å². The van der Waals surface area contributed by atoms with Gasteiger partial charge in [-0.15, -0.1) is 0 Å². The molecule has 1 fully saturated rings. The van der Waals surface area contributed by atoms with Crippen molar-refractivity contribution in [1.29, 1.82) is 0 Å². The van der Waals surface area contributed by atoms with Crippen molar-refractivity contribution in [3.05, 3.63) is 89.2 Å². The van der Waals surface area contributed by atoms with Crippen molar-refractivity contribution in [2.45, 2.75) is 6.61 Å². The highest BCUT2D eigenvalue weighted by molar-refractivity contribution is 5.96. The zero-order valence-corrected chi connectivity index (χ0v) is 20.3. The molecule has 0 bridgehead atoms. The Balaban J connectivity index is 1.37. The van der Waals surface area contributed by atoms with Crippen LogP contribution in [0.15, 0.2) is 66.7 Å². The summed E-state index contributed by atoms with van der Waals surface area (Å²) in [6.45, 7) is 1.11. The van der Waals surface area contributed by atoms with Crippen LogP contribution in [0, 0.1) is 5.82 Å². The first-order chi connectivity index (χ1) is 17.9. The summed E-state index contributed by atoms with van der Waals surface area (Å²) in [5, 5.41) is 2.82. The Labute approximate surface area is 213 Å². The van der Waals surface area contributed by atoms with E-state index >= 15 is 0 Å². The van der Waals surface area contributed by atoms with Crippen LogP contribution in [0.3, 0.4) is 0 Å². The van der Waals surface area contributed by atoms with Crippen molar-refractivity contribution in [1.82, 2.24) is 9.80 Å². The van der Waals surface area contributed by atoms with E-state index in [4.69, 9.17) is 15.2 Å². The van der Waals surface area contributed by atoms with Crippen LogP contribution in [0.1, 0.15) is 26.3 Å². The first kappa shape index (κ1) is 25.5. The SMILES string of the molecule is COc1ccccc1NC(=O)N1CCN(C(=O)c2cc(COc3ccccc3C(N)=O)ccc2F)CC1. The molecule has 4 amide bonds. The summed E-state index contributed by atoms with van der Waals surface area (Å²) in [5.74, 6) is -0.901. The molecular formula is C27H27FN4O5. The topological polar surface area (TPSA) is 114 Å². The Morgan fingerprint density at radius 2 is 1.54 bits per heavy atom. The van der Waals surface area contributed by atoms with Gasteiger partial charge in [0, 0.05) is 26.2 Å². The fraction of sp³-hybridized carbons (Fsp3) is 0.222. The second-order valence-electron chi connectivity index (χ2n) is 8.37. The molecule has 0 aliphatic carbocycles. The Bertz CT molecular complexity index is 1310. The number of anilines is 1. The largest absolute Gasteiger partial charge is 0.495 e. The number of nitrogens with two attached hydrogens (primary N) is 1. The zero-order chi connectivity index (χ0) is 26.4. The molecule has 10 heteroatoms. The smallest absolute Gasteiger partial charge is 0.322 e. The zero-order valence-electron chi connectivity index (χ0n) is 20.3. The Morgan fingerprint density at radius 1 is 0.892 bits per heavy atom. The lowest BCUT2D eigenvalue weighted by Gasteiger charge is -2.35. The molecule has 3 aromatic carbocycles. The van der Waals surface area contributed by atoms with Crippen molar-refractivity contribution in [3.63, 3.8) is 0 Å². The molecule has 192 valence electrons. The summed E-state index contributed by atoms with van der Waals surface area (Å²) in [5.41, 5.74) is 6.62. The van der Waals surface area contributed by atoms with Crippen LogP contribution in [0.2, 0.25) is 0 Å². The number of hydrogen-bond donors (Lipinski definition) is 2. The molecule has 0 unspecified atom stereocenters. The maximum absolute atomic E-state index is 14.6. The van der Waals surface area contributed by atoms with Crippen molar-refractivity contribution in [2.75, 3.05) is 38.6 Å². The van der Waals surface area contributed by atoms with Crippen LogP contribution in [0.4, 0.5) is 14.9 Å². The second kappa shape index (κ2) is 11.4. The molecule has 0 spiro atoms. The van der Waals surface area contributed by atoms with Gasteiger partial charge in [-0.3, -0.25) is 9.59 Å². The van der Waals surface area contributed by atoms with E-state index in [1.807, 2.05) is 0 Å². The predicted molar refractivity (Wildman–Crippen MR) is 135 cm³/mol. The van der Waals surface area contributed by atoms with Crippen LogP contribution < -0.4 is 20.5 Å². The number of rotatable bonds is 7. The molecule has 0 radical (unpaired) electrons. The van der Waals surface area contributed by atoms with Crippen LogP contribution in [0.25, 0.3) is 0 Å². The number of piperazine rings is 1. The van der Waals surface area contributed by atoms with Crippen molar-refractivity contribution < 1.29 is 28.2 Å². The highest BCUT2D eigenvalue weighted by Gasteiger charge is 2.27. The average molecular weight is 507 g/mol. The molecule has 3 aromatic rings. The number of halogens is 1. The van der Waals surface area contributed by atoms with E-state index in [0.717, 1.165) is 0 Å². The summed E-state index contributed by atoms with van der Waals surface area (Å²) in [7, 11) is 1.52. The van der Waals surface area contributed by atoms with E-state index in [1.165, 1.54) is 30.2 Å². The van der Waals surface area contributed by atoms with Crippen LogP contribution >= 0.6 is 0 Å². The molecule has 1 heterocycles. The third kappa shape index (κ3) is 5.97. The number of nitrogens with one attached hydrogen (secondary N) is 1. The number of hydrogen-bond acceptors (Lipinski definition) is 5. The standard InChI is InChI=1S/C27H27FN4O5/c1-36-24-9-5-3-7-22(24)30-27(35)32-14-12-31(13-15-32)26(34)20-16-18(10-11-21(20)28)17-37-23-8-4-2-6-19(23)25(29)33/h2-11,16H,12-15,17H2,1H3,(H2,29,33)(H,30,35). The molecular weight excluding hydrogens is 479 g/mol. The molecule has 3 N–H and O–H groups in total. The molecule has 0 aromatic heterocycles. The van der Waals surface area contributed by atoms with Crippen molar-refractivity contribution >= 4 is 23.5 Å². The van der Waals surface area contributed by atoms with E-state index in [9.17, 15) is 18.8 Å². The summed E-state index contributed by atoms with van der Waals surface area (Å²) >= 11 is 0. The summed E-state index contributed by atoms with van der Waals surface area (Å²) in [6, 6.07) is 17.5. The fourth-order valence-electron chi connectivity index (χ4n) is 4.01. The lowest BCUT2D eigenvalue weighted by molar-refractivity contribution is 0.0666. The molecule has 9 nitrogen and oxygen atoms in total. The summed E-state index contributed by atoms with van der Waals surface area (Å²) in [6.07, 6.45) is 0. The van der Waals surface area contributed by atoms with Crippen molar-refractivity contribution in [2.24, 2.45) is 5.73 Å². The monoisotopic (exact) mass is 506 g/mol. The lowest BCUT2D eigenvalue weighted by Crippen LogP contribution is -2.51. The number of carbonyl (C=O) groups excluding carboxylic acids is 3. The van der Waals surface area contributed by atoms with Crippen LogP contribution in [-0.2, 0) is 6.61 Å². The number of benzene rings is 3. The number of carbonyl (C=O) groups is 3. The predicted octanol–water partition coefficient (Wildman–Crippen LogP) is 3.50. The fourth-order valence-corrected chi connectivity index (χ4v) is 4.01. The Kier molecular flexibility index (Phi) is 7.87. The van der Waals surface area contributed by atoms with E-state index in [1.54, 1.807) is 53.4 Å². The van der Waals surface area contributed by atoms with Crippen LogP contribution in [-0.4, -0.2) is 60.9 Å². The molecule has 0 atom stereocenters. The molecule has 1 saturated heterocycles. The first-order valence-corrected chi connectivity index (χ1v) is 11.7. The minimum absolute atomic E-state index is 0.0156. The Hall–Kier alpha value is -4.60.